The molecule has 0 aromatic heterocycles. The van der Waals surface area contributed by atoms with Gasteiger partial charge in [-0.05, 0) is 25.2 Å². The highest BCUT2D eigenvalue weighted by atomic mass is 16.3. The fraction of sp³-hybridized carbons (Fsp3) is 1.00. The van der Waals surface area contributed by atoms with Crippen molar-refractivity contribution in [2.75, 3.05) is 19.7 Å². The van der Waals surface area contributed by atoms with Crippen LogP contribution in [0.2, 0.25) is 0 Å². The highest BCUT2D eigenvalue weighted by Crippen LogP contribution is 2.32. The van der Waals surface area contributed by atoms with Gasteiger partial charge in [0.15, 0.2) is 0 Å². The molecule has 0 aromatic rings. The van der Waals surface area contributed by atoms with Gasteiger partial charge in [-0.1, -0.05) is 27.7 Å². The first-order valence-corrected chi connectivity index (χ1v) is 6.35. The first-order valence-electron chi connectivity index (χ1n) is 6.35. The summed E-state index contributed by atoms with van der Waals surface area (Å²) in [6.45, 7) is 11.5. The van der Waals surface area contributed by atoms with Gasteiger partial charge in [0, 0.05) is 31.2 Å². The van der Waals surface area contributed by atoms with Crippen LogP contribution in [0.3, 0.4) is 0 Å². The van der Waals surface area contributed by atoms with Gasteiger partial charge in [0.2, 0.25) is 0 Å². The maximum Gasteiger partial charge on any atom is 0.0496 e. The zero-order valence-electron chi connectivity index (χ0n) is 10.8. The maximum absolute atomic E-state index is 9.44. The van der Waals surface area contributed by atoms with Crippen molar-refractivity contribution in [1.29, 1.82) is 0 Å². The summed E-state index contributed by atoms with van der Waals surface area (Å²) in [6.07, 6.45) is 3.78. The van der Waals surface area contributed by atoms with Crippen LogP contribution in [-0.2, 0) is 0 Å². The molecule has 15 heavy (non-hydrogen) atoms. The van der Waals surface area contributed by atoms with E-state index in [9.17, 15) is 5.11 Å². The van der Waals surface area contributed by atoms with Crippen LogP contribution in [0.1, 0.15) is 47.0 Å². The lowest BCUT2D eigenvalue weighted by atomic mass is 9.87. The maximum atomic E-state index is 9.44. The fourth-order valence-corrected chi connectivity index (χ4v) is 2.02. The molecule has 0 spiro atoms. The van der Waals surface area contributed by atoms with Crippen LogP contribution in [0.15, 0.2) is 0 Å². The predicted octanol–water partition coefficient (Wildman–Crippen LogP) is 2.52. The summed E-state index contributed by atoms with van der Waals surface area (Å²) in [7, 11) is 0. The minimum atomic E-state index is 0.0947. The van der Waals surface area contributed by atoms with E-state index in [1.807, 2.05) is 0 Å². The predicted molar refractivity (Wildman–Crippen MR) is 64.9 cm³/mol. The summed E-state index contributed by atoms with van der Waals surface area (Å²) in [4.78, 5) is 2.59. The Morgan fingerprint density at radius 3 is 2.33 bits per heavy atom. The Morgan fingerprint density at radius 2 is 2.00 bits per heavy atom. The Morgan fingerprint density at radius 1 is 1.40 bits per heavy atom. The monoisotopic (exact) mass is 213 g/mol. The Hall–Kier alpha value is -0.0800. The normalized spacial score (nSPS) is 21.0. The second kappa shape index (κ2) is 5.31. The first kappa shape index (κ1) is 13.0. The van der Waals surface area contributed by atoms with Crippen molar-refractivity contribution in [3.8, 4) is 0 Å². The third-order valence-corrected chi connectivity index (χ3v) is 3.48. The lowest BCUT2D eigenvalue weighted by Crippen LogP contribution is -2.41. The smallest absolute Gasteiger partial charge is 0.0496 e. The largest absolute Gasteiger partial charge is 0.396 e. The number of nitrogens with zero attached hydrogens (tertiary/aromatic N) is 1. The van der Waals surface area contributed by atoms with E-state index in [-0.39, 0.29) is 5.41 Å². The van der Waals surface area contributed by atoms with Crippen molar-refractivity contribution in [1.82, 2.24) is 4.90 Å². The SMILES string of the molecule is CCC(C)(CO)CN(CC(C)C)C1CC1. The Kier molecular flexibility index (Phi) is 4.60. The molecule has 1 N–H and O–H groups in total. The molecule has 0 amide bonds. The number of aliphatic hydroxyl groups is 1. The Bertz CT molecular complexity index is 183. The van der Waals surface area contributed by atoms with Crippen molar-refractivity contribution in [3.05, 3.63) is 0 Å². The van der Waals surface area contributed by atoms with Crippen molar-refractivity contribution in [2.45, 2.75) is 53.0 Å². The second-order valence-corrected chi connectivity index (χ2v) is 5.88. The highest BCUT2D eigenvalue weighted by Gasteiger charge is 2.34. The van der Waals surface area contributed by atoms with Crippen LogP contribution in [0.25, 0.3) is 0 Å². The topological polar surface area (TPSA) is 23.5 Å². The van der Waals surface area contributed by atoms with Gasteiger partial charge >= 0.3 is 0 Å². The van der Waals surface area contributed by atoms with Gasteiger partial charge in [-0.25, -0.2) is 0 Å². The molecule has 1 unspecified atom stereocenters. The Balaban J connectivity index is 2.49. The van der Waals surface area contributed by atoms with Crippen molar-refractivity contribution < 1.29 is 5.11 Å². The fourth-order valence-electron chi connectivity index (χ4n) is 2.02. The lowest BCUT2D eigenvalue weighted by Gasteiger charge is -2.34. The molecule has 2 nitrogen and oxygen atoms in total. The molecule has 1 fully saturated rings. The molecule has 1 atom stereocenters. The van der Waals surface area contributed by atoms with E-state index < -0.39 is 0 Å². The minimum absolute atomic E-state index is 0.0947. The molecular formula is C13H27NO. The lowest BCUT2D eigenvalue weighted by molar-refractivity contribution is 0.0751. The van der Waals surface area contributed by atoms with Crippen molar-refractivity contribution in [3.63, 3.8) is 0 Å². The van der Waals surface area contributed by atoms with E-state index in [0.29, 0.717) is 6.61 Å². The van der Waals surface area contributed by atoms with Crippen LogP contribution in [-0.4, -0.2) is 35.7 Å². The quantitative estimate of drug-likeness (QED) is 0.702. The molecule has 0 aliphatic heterocycles. The molecule has 0 aromatic carbocycles. The van der Waals surface area contributed by atoms with Gasteiger partial charge in [0.25, 0.3) is 0 Å². The Labute approximate surface area is 94.7 Å². The van der Waals surface area contributed by atoms with E-state index >= 15 is 0 Å². The van der Waals surface area contributed by atoms with Crippen LogP contribution in [0.4, 0.5) is 0 Å². The van der Waals surface area contributed by atoms with E-state index in [0.717, 1.165) is 24.9 Å². The zero-order chi connectivity index (χ0) is 11.5. The summed E-state index contributed by atoms with van der Waals surface area (Å²) in [5.74, 6) is 0.727. The number of hydrogen-bond donors (Lipinski definition) is 1. The average molecular weight is 213 g/mol. The summed E-state index contributed by atoms with van der Waals surface area (Å²) in [6, 6.07) is 0.810. The van der Waals surface area contributed by atoms with Gasteiger partial charge in [-0.2, -0.15) is 0 Å². The van der Waals surface area contributed by atoms with Gasteiger partial charge in [0.1, 0.15) is 0 Å². The molecule has 2 heteroatoms. The second-order valence-electron chi connectivity index (χ2n) is 5.88. The molecule has 0 heterocycles. The molecule has 0 radical (unpaired) electrons. The summed E-state index contributed by atoms with van der Waals surface area (Å²) >= 11 is 0. The van der Waals surface area contributed by atoms with Crippen LogP contribution in [0.5, 0.6) is 0 Å². The van der Waals surface area contributed by atoms with E-state index in [1.54, 1.807) is 0 Å². The number of aliphatic hydroxyl groups excluding tert-OH is 1. The molecule has 1 aliphatic carbocycles. The third kappa shape index (κ3) is 4.12. The van der Waals surface area contributed by atoms with Crippen molar-refractivity contribution in [2.24, 2.45) is 11.3 Å². The van der Waals surface area contributed by atoms with Gasteiger partial charge < -0.3 is 5.11 Å². The van der Waals surface area contributed by atoms with Crippen molar-refractivity contribution >= 4 is 0 Å². The van der Waals surface area contributed by atoms with E-state index in [1.165, 1.54) is 19.4 Å². The molecule has 1 rings (SSSR count). The summed E-state index contributed by atoms with van der Waals surface area (Å²) in [5.41, 5.74) is 0.0947. The number of rotatable bonds is 7. The van der Waals surface area contributed by atoms with E-state index in [4.69, 9.17) is 0 Å². The molecule has 1 saturated carbocycles. The first-order chi connectivity index (χ1) is 7.00. The molecular weight excluding hydrogens is 186 g/mol. The molecule has 0 saturated heterocycles. The van der Waals surface area contributed by atoms with Crippen LogP contribution >= 0.6 is 0 Å². The molecule has 90 valence electrons. The standard InChI is InChI=1S/C13H27NO/c1-5-13(4,10-15)9-14(8-11(2)3)12-6-7-12/h11-12,15H,5-10H2,1-4H3. The summed E-state index contributed by atoms with van der Waals surface area (Å²) in [5, 5.41) is 9.44. The molecule has 1 aliphatic rings. The van der Waals surface area contributed by atoms with Gasteiger partial charge in [-0.15, -0.1) is 0 Å². The van der Waals surface area contributed by atoms with Gasteiger partial charge in [-0.3, -0.25) is 4.90 Å². The number of hydrogen-bond acceptors (Lipinski definition) is 2. The van der Waals surface area contributed by atoms with Crippen LogP contribution in [0, 0.1) is 11.3 Å². The highest BCUT2D eigenvalue weighted by molar-refractivity contribution is 4.88. The minimum Gasteiger partial charge on any atom is -0.396 e. The average Bonchev–Trinajstić information content (AvgIpc) is 2.99. The van der Waals surface area contributed by atoms with Crippen LogP contribution < -0.4 is 0 Å². The third-order valence-electron chi connectivity index (χ3n) is 3.48. The van der Waals surface area contributed by atoms with E-state index in [2.05, 4.69) is 32.6 Å². The molecule has 0 bridgehead atoms. The summed E-state index contributed by atoms with van der Waals surface area (Å²) < 4.78 is 0. The van der Waals surface area contributed by atoms with Gasteiger partial charge in [0.05, 0.1) is 0 Å². The zero-order valence-corrected chi connectivity index (χ0v) is 10.8.